The van der Waals surface area contributed by atoms with E-state index in [1.54, 1.807) is 6.92 Å². The monoisotopic (exact) mass is 437 g/mol. The maximum Gasteiger partial charge on any atom is 0.218 e. The first-order valence-electron chi connectivity index (χ1n) is 9.25. The fourth-order valence-electron chi connectivity index (χ4n) is 3.70. The van der Waals surface area contributed by atoms with Crippen molar-refractivity contribution in [2.45, 2.75) is 36.2 Å². The van der Waals surface area contributed by atoms with Gasteiger partial charge in [0, 0.05) is 13.1 Å². The zero-order valence-electron chi connectivity index (χ0n) is 16.7. The van der Waals surface area contributed by atoms with Crippen LogP contribution >= 0.6 is 0 Å². The molecule has 1 fully saturated rings. The summed E-state index contributed by atoms with van der Waals surface area (Å²) in [7, 11) is -4.64. The van der Waals surface area contributed by atoms with Gasteiger partial charge in [0.1, 0.15) is 44.1 Å². The van der Waals surface area contributed by atoms with Gasteiger partial charge in [-0.05, 0) is 32.9 Å². The molecule has 0 aliphatic carbocycles. The highest BCUT2D eigenvalue weighted by atomic mass is 32.2. The van der Waals surface area contributed by atoms with Crippen LogP contribution in [0.25, 0.3) is 11.0 Å². The van der Waals surface area contributed by atoms with E-state index in [0.29, 0.717) is 31.3 Å². The number of ether oxygens (including phenoxy) is 1. The Labute approximate surface area is 172 Å². The number of hydrogen-bond donors (Lipinski definition) is 2. The average molecular weight is 437 g/mol. The number of nitrogen functional groups attached to an aromatic ring is 1. The summed E-state index contributed by atoms with van der Waals surface area (Å²) in [5.74, 6) is -1.92. The van der Waals surface area contributed by atoms with E-state index in [1.165, 1.54) is 0 Å². The zero-order chi connectivity index (χ0) is 21.8. The van der Waals surface area contributed by atoms with Crippen LogP contribution in [0.5, 0.6) is 0 Å². The molecule has 160 valence electrons. The van der Waals surface area contributed by atoms with Gasteiger partial charge in [-0.3, -0.25) is 0 Å². The van der Waals surface area contributed by atoms with E-state index in [-0.39, 0.29) is 16.9 Å². The first kappa shape index (κ1) is 20.5. The molecule has 0 amide bonds. The fourth-order valence-corrected chi connectivity index (χ4v) is 5.29. The van der Waals surface area contributed by atoms with Crippen molar-refractivity contribution in [3.8, 4) is 0 Å². The number of morpholine rings is 1. The van der Waals surface area contributed by atoms with Crippen LogP contribution < -0.4 is 10.6 Å². The van der Waals surface area contributed by atoms with Crippen LogP contribution in [0.15, 0.2) is 28.0 Å². The van der Waals surface area contributed by atoms with Crippen molar-refractivity contribution >= 4 is 32.5 Å². The standard InChI is InChI=1S/C19H21F2N5O3S/c1-10-23-13-14(18(24-10)26-7-8-29-19(2,3)9-26)25-17(22)16(13)30(27,28)15-11(20)5-4-6-12(15)21/h4-6,25H,7-9,22H2,1-3H3. The van der Waals surface area contributed by atoms with Gasteiger partial charge in [-0.2, -0.15) is 0 Å². The molecule has 30 heavy (non-hydrogen) atoms. The van der Waals surface area contributed by atoms with E-state index in [9.17, 15) is 17.2 Å². The minimum absolute atomic E-state index is 0.0121. The number of anilines is 2. The van der Waals surface area contributed by atoms with Gasteiger partial charge in [0.2, 0.25) is 9.84 Å². The van der Waals surface area contributed by atoms with Crippen molar-refractivity contribution in [3.05, 3.63) is 35.7 Å². The number of rotatable bonds is 3. The second kappa shape index (κ2) is 6.88. The zero-order valence-corrected chi connectivity index (χ0v) is 17.5. The minimum Gasteiger partial charge on any atom is -0.384 e. The van der Waals surface area contributed by atoms with Crippen molar-refractivity contribution in [2.24, 2.45) is 0 Å². The van der Waals surface area contributed by atoms with Crippen LogP contribution in [-0.4, -0.2) is 48.7 Å². The summed E-state index contributed by atoms with van der Waals surface area (Å²) in [5.41, 5.74) is 5.82. The molecule has 0 spiro atoms. The van der Waals surface area contributed by atoms with Crippen LogP contribution in [-0.2, 0) is 14.6 Å². The van der Waals surface area contributed by atoms with Gasteiger partial charge in [0.05, 0.1) is 12.2 Å². The van der Waals surface area contributed by atoms with Crippen molar-refractivity contribution in [1.82, 2.24) is 15.0 Å². The summed E-state index contributed by atoms with van der Waals surface area (Å²) in [6.07, 6.45) is 0. The predicted octanol–water partition coefficient (Wildman–Crippen LogP) is 2.57. The molecule has 8 nitrogen and oxygen atoms in total. The fraction of sp³-hybridized carbons (Fsp3) is 0.368. The normalized spacial score (nSPS) is 16.9. The minimum atomic E-state index is -4.64. The second-order valence-corrected chi connectivity index (χ2v) is 9.59. The Morgan fingerprint density at radius 1 is 1.20 bits per heavy atom. The van der Waals surface area contributed by atoms with E-state index >= 15 is 0 Å². The lowest BCUT2D eigenvalue weighted by atomic mass is 10.1. The summed E-state index contributed by atoms with van der Waals surface area (Å²) < 4.78 is 60.7. The molecule has 1 aliphatic heterocycles. The third-order valence-corrected chi connectivity index (χ3v) is 6.78. The van der Waals surface area contributed by atoms with E-state index < -0.39 is 36.9 Å². The van der Waals surface area contributed by atoms with Crippen molar-refractivity contribution in [2.75, 3.05) is 30.3 Å². The van der Waals surface area contributed by atoms with Crippen molar-refractivity contribution in [1.29, 1.82) is 0 Å². The Hall–Kier alpha value is -2.79. The van der Waals surface area contributed by atoms with Crippen LogP contribution in [0.4, 0.5) is 20.4 Å². The molecule has 0 bridgehead atoms. The summed E-state index contributed by atoms with van der Waals surface area (Å²) >= 11 is 0. The number of hydrogen-bond acceptors (Lipinski definition) is 7. The highest BCUT2D eigenvalue weighted by Gasteiger charge is 2.35. The Morgan fingerprint density at radius 3 is 2.50 bits per heavy atom. The molecule has 0 saturated carbocycles. The van der Waals surface area contributed by atoms with E-state index in [2.05, 4.69) is 15.0 Å². The van der Waals surface area contributed by atoms with Gasteiger partial charge in [-0.15, -0.1) is 0 Å². The lowest BCUT2D eigenvalue weighted by Gasteiger charge is -2.38. The maximum atomic E-state index is 14.3. The van der Waals surface area contributed by atoms with E-state index in [0.717, 1.165) is 18.2 Å². The Morgan fingerprint density at radius 2 is 1.87 bits per heavy atom. The third kappa shape index (κ3) is 3.27. The molecule has 1 aromatic carbocycles. The molecule has 0 unspecified atom stereocenters. The number of nitrogens with two attached hydrogens (primary N) is 1. The number of aromatic nitrogens is 3. The predicted molar refractivity (Wildman–Crippen MR) is 107 cm³/mol. The number of nitrogens with zero attached hydrogens (tertiary/aromatic N) is 3. The molecular formula is C19H21F2N5O3S. The van der Waals surface area contributed by atoms with Gasteiger partial charge in [-0.1, -0.05) is 6.07 Å². The number of benzene rings is 1. The molecule has 0 atom stereocenters. The second-order valence-electron chi connectivity index (χ2n) is 7.77. The van der Waals surface area contributed by atoms with Crippen LogP contribution in [0.1, 0.15) is 19.7 Å². The number of sulfone groups is 1. The highest BCUT2D eigenvalue weighted by Crippen LogP contribution is 2.37. The van der Waals surface area contributed by atoms with Crippen molar-refractivity contribution < 1.29 is 21.9 Å². The number of aromatic amines is 1. The summed E-state index contributed by atoms with van der Waals surface area (Å²) in [6, 6.07) is 2.85. The molecule has 1 saturated heterocycles. The maximum absolute atomic E-state index is 14.3. The van der Waals surface area contributed by atoms with E-state index in [1.807, 2.05) is 18.7 Å². The van der Waals surface area contributed by atoms with Crippen LogP contribution in [0.2, 0.25) is 0 Å². The number of halogens is 2. The number of H-pyrrole nitrogens is 1. The topological polar surface area (TPSA) is 114 Å². The summed E-state index contributed by atoms with van der Waals surface area (Å²) in [4.78, 5) is 11.9. The smallest absolute Gasteiger partial charge is 0.218 e. The molecule has 3 N–H and O–H groups in total. The lowest BCUT2D eigenvalue weighted by molar-refractivity contribution is -0.0278. The summed E-state index contributed by atoms with van der Waals surface area (Å²) in [5, 5.41) is 0. The lowest BCUT2D eigenvalue weighted by Crippen LogP contribution is -2.48. The molecule has 2 aromatic heterocycles. The number of aryl methyl sites for hydroxylation is 1. The van der Waals surface area contributed by atoms with Gasteiger partial charge >= 0.3 is 0 Å². The van der Waals surface area contributed by atoms with Gasteiger partial charge in [-0.25, -0.2) is 27.2 Å². The Balaban J connectivity index is 1.96. The first-order chi connectivity index (χ1) is 14.0. The quantitative estimate of drug-likeness (QED) is 0.647. The number of fused-ring (bicyclic) bond motifs is 1. The molecule has 4 rings (SSSR count). The van der Waals surface area contributed by atoms with E-state index in [4.69, 9.17) is 10.5 Å². The van der Waals surface area contributed by atoms with Crippen LogP contribution in [0, 0.1) is 18.6 Å². The molecule has 3 heterocycles. The van der Waals surface area contributed by atoms with Crippen LogP contribution in [0.3, 0.4) is 0 Å². The molecule has 1 aliphatic rings. The van der Waals surface area contributed by atoms with Gasteiger partial charge < -0.3 is 20.4 Å². The highest BCUT2D eigenvalue weighted by molar-refractivity contribution is 7.92. The molecule has 3 aromatic rings. The first-order valence-corrected chi connectivity index (χ1v) is 10.7. The molecule has 0 radical (unpaired) electrons. The Kier molecular flexibility index (Phi) is 4.70. The van der Waals surface area contributed by atoms with Gasteiger partial charge in [0.25, 0.3) is 0 Å². The average Bonchev–Trinajstić information content (AvgIpc) is 2.96. The largest absolute Gasteiger partial charge is 0.384 e. The SMILES string of the molecule is Cc1nc(N2CCOC(C)(C)C2)c2[nH]c(N)c(S(=O)(=O)c3c(F)cccc3F)c2n1. The third-order valence-electron chi connectivity index (χ3n) is 4.90. The summed E-state index contributed by atoms with van der Waals surface area (Å²) in [6.45, 7) is 6.96. The molecule has 11 heteroatoms. The van der Waals surface area contributed by atoms with Crippen molar-refractivity contribution in [3.63, 3.8) is 0 Å². The van der Waals surface area contributed by atoms with Gasteiger partial charge in [0.15, 0.2) is 5.82 Å². The molecular weight excluding hydrogens is 416 g/mol. The number of nitrogens with one attached hydrogen (secondary N) is 1. The Bertz CT molecular complexity index is 1240.